The lowest BCUT2D eigenvalue weighted by Crippen LogP contribution is -2.25. The third-order valence-electron chi connectivity index (χ3n) is 12.2. The molecule has 0 aliphatic heterocycles. The van der Waals surface area contributed by atoms with Crippen LogP contribution in [0.15, 0.2) is 195 Å². The molecule has 0 spiro atoms. The molecule has 1 aromatic heterocycles. The second-order valence-corrected chi connectivity index (χ2v) is 16.1. The SMILES string of the molecule is C=C(CCC)c1ccc(N(c2ccc3c(c2)C(C)(C)c2ccccc2-3)n2c3cccc(-c4ccccc4)c3c3cc(-c4ccccc4)cc(-c4ccccc4)c32)cc1. The molecule has 10 rings (SSSR count). The summed E-state index contributed by atoms with van der Waals surface area (Å²) in [5.41, 5.74) is 19.2. The Morgan fingerprint density at radius 2 is 1.10 bits per heavy atom. The minimum Gasteiger partial charge on any atom is -0.249 e. The highest BCUT2D eigenvalue weighted by Gasteiger charge is 2.36. The van der Waals surface area contributed by atoms with Crippen molar-refractivity contribution in [3.05, 3.63) is 211 Å². The van der Waals surface area contributed by atoms with Crippen LogP contribution >= 0.6 is 0 Å². The number of fused-ring (bicyclic) bond motifs is 6. The number of hydrogen-bond donors (Lipinski definition) is 0. The van der Waals surface area contributed by atoms with Crippen LogP contribution in [0.5, 0.6) is 0 Å². The fourth-order valence-corrected chi connectivity index (χ4v) is 9.36. The zero-order valence-electron chi connectivity index (χ0n) is 33.4. The molecule has 280 valence electrons. The zero-order chi connectivity index (χ0) is 39.4. The Bertz CT molecular complexity index is 2970. The third-order valence-corrected chi connectivity index (χ3v) is 12.2. The van der Waals surface area contributed by atoms with Gasteiger partial charge in [0.1, 0.15) is 0 Å². The van der Waals surface area contributed by atoms with Crippen LogP contribution in [0, 0.1) is 0 Å². The van der Waals surface area contributed by atoms with Crippen molar-refractivity contribution < 1.29 is 0 Å². The molecule has 1 aliphatic carbocycles. The maximum Gasteiger partial charge on any atom is 0.0795 e. The van der Waals surface area contributed by atoms with Gasteiger partial charge in [0.2, 0.25) is 0 Å². The van der Waals surface area contributed by atoms with Crippen molar-refractivity contribution in [1.29, 1.82) is 0 Å². The second-order valence-electron chi connectivity index (χ2n) is 16.1. The molecule has 0 amide bonds. The molecule has 0 bridgehead atoms. The highest BCUT2D eigenvalue weighted by molar-refractivity contribution is 6.19. The van der Waals surface area contributed by atoms with Crippen molar-refractivity contribution in [2.75, 3.05) is 5.01 Å². The van der Waals surface area contributed by atoms with Gasteiger partial charge in [-0.15, -0.1) is 0 Å². The largest absolute Gasteiger partial charge is 0.249 e. The zero-order valence-corrected chi connectivity index (χ0v) is 33.4. The van der Waals surface area contributed by atoms with Gasteiger partial charge in [-0.1, -0.05) is 179 Å². The van der Waals surface area contributed by atoms with Crippen molar-refractivity contribution in [3.63, 3.8) is 0 Å². The van der Waals surface area contributed by atoms with Crippen LogP contribution in [0.2, 0.25) is 0 Å². The van der Waals surface area contributed by atoms with Gasteiger partial charge in [-0.25, -0.2) is 9.69 Å². The maximum atomic E-state index is 4.45. The number of hydrogen-bond acceptors (Lipinski definition) is 1. The molecule has 0 atom stereocenters. The summed E-state index contributed by atoms with van der Waals surface area (Å²) < 4.78 is 2.50. The number of allylic oxidation sites excluding steroid dienone is 1. The van der Waals surface area contributed by atoms with E-state index in [4.69, 9.17) is 0 Å². The van der Waals surface area contributed by atoms with E-state index in [9.17, 15) is 0 Å². The smallest absolute Gasteiger partial charge is 0.0795 e. The Labute approximate surface area is 342 Å². The molecule has 0 radical (unpaired) electrons. The number of rotatable bonds is 9. The van der Waals surface area contributed by atoms with Gasteiger partial charge in [-0.3, -0.25) is 0 Å². The highest BCUT2D eigenvalue weighted by atomic mass is 15.6. The van der Waals surface area contributed by atoms with E-state index < -0.39 is 0 Å². The van der Waals surface area contributed by atoms with E-state index in [-0.39, 0.29) is 5.41 Å². The molecule has 0 fully saturated rings. The fourth-order valence-electron chi connectivity index (χ4n) is 9.36. The Balaban J connectivity index is 1.34. The lowest BCUT2D eigenvalue weighted by atomic mass is 9.82. The van der Waals surface area contributed by atoms with Crippen LogP contribution in [-0.4, -0.2) is 4.68 Å². The van der Waals surface area contributed by atoms with Gasteiger partial charge in [0.15, 0.2) is 0 Å². The molecular weight excluding hydrogens is 701 g/mol. The summed E-state index contributed by atoms with van der Waals surface area (Å²) in [6.07, 6.45) is 2.04. The summed E-state index contributed by atoms with van der Waals surface area (Å²) in [4.78, 5) is 0. The van der Waals surface area contributed by atoms with E-state index in [0.29, 0.717) is 0 Å². The number of aromatic nitrogens is 1. The summed E-state index contributed by atoms with van der Waals surface area (Å²) in [7, 11) is 0. The molecule has 2 nitrogen and oxygen atoms in total. The monoisotopic (exact) mass is 746 g/mol. The maximum absolute atomic E-state index is 4.45. The number of anilines is 2. The normalized spacial score (nSPS) is 12.7. The summed E-state index contributed by atoms with van der Waals surface area (Å²) in [6, 6.07) is 69.2. The van der Waals surface area contributed by atoms with Crippen molar-refractivity contribution in [3.8, 4) is 44.5 Å². The quantitative estimate of drug-likeness (QED) is 0.143. The summed E-state index contributed by atoms with van der Waals surface area (Å²) in [5, 5.41) is 4.90. The van der Waals surface area contributed by atoms with E-state index in [1.165, 1.54) is 77.5 Å². The Hall–Kier alpha value is -6.90. The summed E-state index contributed by atoms with van der Waals surface area (Å²) in [6.45, 7) is 11.4. The molecule has 0 unspecified atom stereocenters. The molecule has 0 N–H and O–H groups in total. The third kappa shape index (κ3) is 5.79. The Morgan fingerprint density at radius 1 is 0.517 bits per heavy atom. The molecule has 58 heavy (non-hydrogen) atoms. The lowest BCUT2D eigenvalue weighted by Gasteiger charge is -2.31. The fraction of sp³-hybridized carbons (Fsp3) is 0.107. The molecular formula is C56H46N2. The second kappa shape index (κ2) is 14.2. The molecule has 0 saturated heterocycles. The van der Waals surface area contributed by atoms with E-state index in [1.807, 2.05) is 0 Å². The van der Waals surface area contributed by atoms with Gasteiger partial charge < -0.3 is 0 Å². The lowest BCUT2D eigenvalue weighted by molar-refractivity contribution is 0.660. The van der Waals surface area contributed by atoms with Gasteiger partial charge in [0, 0.05) is 21.8 Å². The van der Waals surface area contributed by atoms with Gasteiger partial charge >= 0.3 is 0 Å². The average molecular weight is 747 g/mol. The van der Waals surface area contributed by atoms with Crippen molar-refractivity contribution >= 4 is 38.8 Å². The standard InChI is InChI=1S/C56H46N2/c1-5-18-38(2)39-29-31-44(32-30-39)57(45-33-34-48-47-25-15-16-27-51(47)56(3,4)52(48)37-45)58-53-28-17-26-46(41-21-11-7-12-22-41)54(53)50-36-43(40-19-9-6-10-20-40)35-49(55(50)58)42-23-13-8-14-24-42/h6-17,19-37H,2,5,18H2,1,3-4H3. The highest BCUT2D eigenvalue weighted by Crippen LogP contribution is 2.51. The van der Waals surface area contributed by atoms with Crippen molar-refractivity contribution in [2.24, 2.45) is 0 Å². The van der Waals surface area contributed by atoms with Crippen LogP contribution in [0.25, 0.3) is 71.9 Å². The van der Waals surface area contributed by atoms with E-state index in [1.54, 1.807) is 0 Å². The molecule has 1 heterocycles. The Morgan fingerprint density at radius 3 is 1.79 bits per heavy atom. The minimum absolute atomic E-state index is 0.156. The molecule has 1 aliphatic rings. The topological polar surface area (TPSA) is 8.17 Å². The van der Waals surface area contributed by atoms with Crippen LogP contribution in [0.3, 0.4) is 0 Å². The first-order chi connectivity index (χ1) is 28.4. The van der Waals surface area contributed by atoms with Gasteiger partial charge in [0.05, 0.1) is 22.4 Å². The first kappa shape index (κ1) is 35.5. The molecule has 8 aromatic carbocycles. The van der Waals surface area contributed by atoms with Crippen LogP contribution in [0.4, 0.5) is 11.4 Å². The van der Waals surface area contributed by atoms with E-state index >= 15 is 0 Å². The van der Waals surface area contributed by atoms with Gasteiger partial charge in [0.25, 0.3) is 0 Å². The van der Waals surface area contributed by atoms with Gasteiger partial charge in [-0.05, 0) is 110 Å². The van der Waals surface area contributed by atoms with Gasteiger partial charge in [-0.2, -0.15) is 0 Å². The van der Waals surface area contributed by atoms with Crippen LogP contribution in [-0.2, 0) is 5.41 Å². The molecule has 0 saturated carbocycles. The number of nitrogens with zero attached hydrogens (tertiary/aromatic N) is 2. The van der Waals surface area contributed by atoms with E-state index in [2.05, 4.69) is 225 Å². The van der Waals surface area contributed by atoms with E-state index in [0.717, 1.165) is 35.2 Å². The van der Waals surface area contributed by atoms with Crippen molar-refractivity contribution in [1.82, 2.24) is 4.68 Å². The summed E-state index contributed by atoms with van der Waals surface area (Å²) in [5.74, 6) is 0. The average Bonchev–Trinajstić information content (AvgIpc) is 3.72. The minimum atomic E-state index is -0.156. The first-order valence-corrected chi connectivity index (χ1v) is 20.5. The van der Waals surface area contributed by atoms with Crippen molar-refractivity contribution in [2.45, 2.75) is 39.0 Å². The molecule has 9 aromatic rings. The summed E-state index contributed by atoms with van der Waals surface area (Å²) >= 11 is 0. The molecule has 2 heteroatoms. The predicted molar refractivity (Wildman–Crippen MR) is 248 cm³/mol. The predicted octanol–water partition coefficient (Wildman–Crippen LogP) is 15.5. The first-order valence-electron chi connectivity index (χ1n) is 20.5. The number of benzene rings is 8. The van der Waals surface area contributed by atoms with Crippen LogP contribution in [0.1, 0.15) is 50.3 Å². The Kier molecular flexibility index (Phi) is 8.72. The van der Waals surface area contributed by atoms with Crippen LogP contribution < -0.4 is 5.01 Å².